The lowest BCUT2D eigenvalue weighted by atomic mass is 10.1. The summed E-state index contributed by atoms with van der Waals surface area (Å²) in [4.78, 5) is -0.616. The number of nitrogens with two attached hydrogens (primary N) is 1. The third-order valence-electron chi connectivity index (χ3n) is 3.58. The number of para-hydroxylation sites is 1. The molecule has 0 heterocycles. The summed E-state index contributed by atoms with van der Waals surface area (Å²) in [5.41, 5.74) is -0.851. The molecule has 2 rings (SSSR count). The SMILES string of the molecule is COc1cccc(CNc2ccc(S(N)(=O)=O)cc2C(F)(F)F)c1OC. The fourth-order valence-corrected chi connectivity index (χ4v) is 2.91. The first-order valence-electron chi connectivity index (χ1n) is 7.25. The third-order valence-corrected chi connectivity index (χ3v) is 4.49. The van der Waals surface area contributed by atoms with Crippen molar-refractivity contribution in [2.75, 3.05) is 19.5 Å². The van der Waals surface area contributed by atoms with Crippen LogP contribution in [0, 0.1) is 0 Å². The van der Waals surface area contributed by atoms with Crippen LogP contribution in [0.25, 0.3) is 0 Å². The molecule has 0 saturated heterocycles. The van der Waals surface area contributed by atoms with Gasteiger partial charge in [-0.2, -0.15) is 13.2 Å². The van der Waals surface area contributed by atoms with Gasteiger partial charge in [-0.1, -0.05) is 12.1 Å². The number of alkyl halides is 3. The lowest BCUT2D eigenvalue weighted by molar-refractivity contribution is -0.137. The molecule has 6 nitrogen and oxygen atoms in total. The Kier molecular flexibility index (Phi) is 5.67. The molecule has 0 amide bonds. The van der Waals surface area contributed by atoms with Gasteiger partial charge in [-0.05, 0) is 24.3 Å². The molecule has 0 aliphatic rings. The highest BCUT2D eigenvalue weighted by molar-refractivity contribution is 7.89. The quantitative estimate of drug-likeness (QED) is 0.791. The van der Waals surface area contributed by atoms with Crippen LogP contribution in [0.2, 0.25) is 0 Å². The molecule has 0 aliphatic carbocycles. The number of hydrogen-bond acceptors (Lipinski definition) is 5. The van der Waals surface area contributed by atoms with Gasteiger partial charge in [-0.25, -0.2) is 13.6 Å². The molecule has 2 aromatic rings. The predicted molar refractivity (Wildman–Crippen MR) is 89.7 cm³/mol. The summed E-state index contributed by atoms with van der Waals surface area (Å²) >= 11 is 0. The molecule has 0 aliphatic heterocycles. The summed E-state index contributed by atoms with van der Waals surface area (Å²) in [5.74, 6) is 0.824. The smallest absolute Gasteiger partial charge is 0.418 e. The monoisotopic (exact) mass is 390 g/mol. The molecular formula is C16H17F3N2O4S. The Morgan fingerprint density at radius 1 is 1.12 bits per heavy atom. The van der Waals surface area contributed by atoms with Crippen molar-refractivity contribution in [3.63, 3.8) is 0 Å². The number of nitrogens with one attached hydrogen (secondary N) is 1. The molecule has 10 heteroatoms. The van der Waals surface area contributed by atoms with Crippen molar-refractivity contribution in [2.24, 2.45) is 5.14 Å². The largest absolute Gasteiger partial charge is 0.493 e. The molecule has 0 aromatic heterocycles. The number of methoxy groups -OCH3 is 2. The van der Waals surface area contributed by atoms with Crippen LogP contribution in [0.4, 0.5) is 18.9 Å². The number of ether oxygens (including phenoxy) is 2. The van der Waals surface area contributed by atoms with E-state index in [1.165, 1.54) is 14.2 Å². The molecule has 0 saturated carbocycles. The maximum absolute atomic E-state index is 13.3. The number of primary sulfonamides is 1. The molecule has 142 valence electrons. The second-order valence-corrected chi connectivity index (χ2v) is 6.82. The summed E-state index contributed by atoms with van der Waals surface area (Å²) in [7, 11) is -1.39. The van der Waals surface area contributed by atoms with Crippen LogP contribution in [-0.4, -0.2) is 22.6 Å². The van der Waals surface area contributed by atoms with E-state index in [0.717, 1.165) is 12.1 Å². The second kappa shape index (κ2) is 7.42. The molecule has 3 N–H and O–H groups in total. The number of benzene rings is 2. The maximum Gasteiger partial charge on any atom is 0.418 e. The van der Waals surface area contributed by atoms with Crippen LogP contribution >= 0.6 is 0 Å². The maximum atomic E-state index is 13.3. The van der Waals surface area contributed by atoms with E-state index in [9.17, 15) is 21.6 Å². The van der Waals surface area contributed by atoms with Gasteiger partial charge < -0.3 is 14.8 Å². The van der Waals surface area contributed by atoms with Crippen LogP contribution in [0.3, 0.4) is 0 Å². The number of sulfonamides is 1. The number of anilines is 1. The zero-order valence-corrected chi connectivity index (χ0v) is 14.7. The van der Waals surface area contributed by atoms with Crippen molar-refractivity contribution >= 4 is 15.7 Å². The highest BCUT2D eigenvalue weighted by atomic mass is 32.2. The van der Waals surface area contributed by atoms with Crippen LogP contribution in [-0.2, 0) is 22.7 Å². The van der Waals surface area contributed by atoms with E-state index < -0.39 is 26.7 Å². The molecule has 0 unspecified atom stereocenters. The van der Waals surface area contributed by atoms with Crippen LogP contribution < -0.4 is 19.9 Å². The van der Waals surface area contributed by atoms with Crippen molar-refractivity contribution in [1.29, 1.82) is 0 Å². The minimum absolute atomic E-state index is 0.00181. The van der Waals surface area contributed by atoms with Gasteiger partial charge in [0.1, 0.15) is 0 Å². The Hall–Kier alpha value is -2.46. The Balaban J connectivity index is 2.39. The third kappa shape index (κ3) is 4.38. The summed E-state index contributed by atoms with van der Waals surface area (Å²) in [6, 6.07) is 7.53. The molecule has 0 bridgehead atoms. The normalized spacial score (nSPS) is 11.9. The zero-order valence-electron chi connectivity index (χ0n) is 13.9. The first kappa shape index (κ1) is 19.9. The number of rotatable bonds is 6. The van der Waals surface area contributed by atoms with Crippen LogP contribution in [0.15, 0.2) is 41.3 Å². The Morgan fingerprint density at radius 2 is 1.81 bits per heavy atom. The van der Waals surface area contributed by atoms with E-state index >= 15 is 0 Å². The van der Waals surface area contributed by atoms with Crippen LogP contribution in [0.1, 0.15) is 11.1 Å². The molecular weight excluding hydrogens is 373 g/mol. The summed E-state index contributed by atoms with van der Waals surface area (Å²) in [6.45, 7) is -0.00181. The van der Waals surface area contributed by atoms with Gasteiger partial charge >= 0.3 is 6.18 Å². The van der Waals surface area contributed by atoms with Gasteiger partial charge in [0, 0.05) is 17.8 Å². The van der Waals surface area contributed by atoms with Crippen molar-refractivity contribution in [1.82, 2.24) is 0 Å². The standard InChI is InChI=1S/C16H17F3N2O4S/c1-24-14-5-3-4-10(15(14)25-2)9-21-13-7-6-11(26(20,22)23)8-12(13)16(17,18)19/h3-8,21H,9H2,1-2H3,(H2,20,22,23). The lowest BCUT2D eigenvalue weighted by Gasteiger charge is -2.17. The average Bonchev–Trinajstić information content (AvgIpc) is 2.57. The highest BCUT2D eigenvalue weighted by Gasteiger charge is 2.34. The van der Waals surface area contributed by atoms with E-state index in [4.69, 9.17) is 14.6 Å². The molecule has 26 heavy (non-hydrogen) atoms. The summed E-state index contributed by atoms with van der Waals surface area (Å²) in [5, 5.41) is 7.56. The molecule has 0 atom stereocenters. The molecule has 0 radical (unpaired) electrons. The minimum Gasteiger partial charge on any atom is -0.493 e. The highest BCUT2D eigenvalue weighted by Crippen LogP contribution is 2.37. The van der Waals surface area contributed by atoms with E-state index in [2.05, 4.69) is 5.32 Å². The fourth-order valence-electron chi connectivity index (χ4n) is 2.37. The number of hydrogen-bond donors (Lipinski definition) is 2. The minimum atomic E-state index is -4.76. The first-order chi connectivity index (χ1) is 12.1. The topological polar surface area (TPSA) is 90.6 Å². The van der Waals surface area contributed by atoms with Gasteiger partial charge in [-0.15, -0.1) is 0 Å². The van der Waals surface area contributed by atoms with E-state index in [1.807, 2.05) is 0 Å². The Morgan fingerprint density at radius 3 is 2.35 bits per heavy atom. The fraction of sp³-hybridized carbons (Fsp3) is 0.250. The summed E-state index contributed by atoms with van der Waals surface area (Å²) in [6.07, 6.45) is -4.76. The predicted octanol–water partition coefficient (Wildman–Crippen LogP) is 2.98. The molecule has 0 fully saturated rings. The van der Waals surface area contributed by atoms with E-state index in [-0.39, 0.29) is 12.2 Å². The average molecular weight is 390 g/mol. The van der Waals surface area contributed by atoms with Gasteiger partial charge in [0.2, 0.25) is 10.0 Å². The van der Waals surface area contributed by atoms with Gasteiger partial charge in [0.05, 0.1) is 24.7 Å². The summed E-state index contributed by atoms with van der Waals surface area (Å²) < 4.78 is 72.9. The molecule has 0 spiro atoms. The number of halogens is 3. The van der Waals surface area contributed by atoms with Crippen molar-refractivity contribution in [3.8, 4) is 11.5 Å². The first-order valence-corrected chi connectivity index (χ1v) is 8.80. The Labute approximate surface area is 148 Å². The van der Waals surface area contributed by atoms with Crippen LogP contribution in [0.5, 0.6) is 11.5 Å². The lowest BCUT2D eigenvalue weighted by Crippen LogP contribution is -2.16. The van der Waals surface area contributed by atoms with Crippen molar-refractivity contribution in [2.45, 2.75) is 17.6 Å². The van der Waals surface area contributed by atoms with Gasteiger partial charge in [-0.3, -0.25) is 0 Å². The van der Waals surface area contributed by atoms with Gasteiger partial charge in [0.15, 0.2) is 11.5 Å². The zero-order chi connectivity index (χ0) is 19.5. The Bertz CT molecular complexity index is 899. The van der Waals surface area contributed by atoms with Crippen molar-refractivity contribution < 1.29 is 31.1 Å². The second-order valence-electron chi connectivity index (χ2n) is 5.26. The van der Waals surface area contributed by atoms with Gasteiger partial charge in [0.25, 0.3) is 0 Å². The van der Waals surface area contributed by atoms with E-state index in [1.54, 1.807) is 18.2 Å². The molecule has 2 aromatic carbocycles. The van der Waals surface area contributed by atoms with E-state index in [0.29, 0.717) is 23.1 Å². The van der Waals surface area contributed by atoms with Crippen molar-refractivity contribution in [3.05, 3.63) is 47.5 Å².